The Bertz CT molecular complexity index is 902. The van der Waals surface area contributed by atoms with Crippen molar-refractivity contribution in [2.24, 2.45) is 4.99 Å². The molecule has 9 heteroatoms. The molecule has 0 N–H and O–H groups in total. The van der Waals surface area contributed by atoms with Gasteiger partial charge >= 0.3 is 15.6 Å². The van der Waals surface area contributed by atoms with Crippen LogP contribution in [-0.2, 0) is 14.3 Å². The van der Waals surface area contributed by atoms with Gasteiger partial charge in [-0.1, -0.05) is 37.7 Å². The lowest BCUT2D eigenvalue weighted by atomic mass is 9.91. The van der Waals surface area contributed by atoms with E-state index in [1.807, 2.05) is 0 Å². The molecule has 1 aliphatic carbocycles. The smallest absolute Gasteiger partial charge is 0.375 e. The number of halogens is 4. The lowest BCUT2D eigenvalue weighted by molar-refractivity contribution is -0.0509. The van der Waals surface area contributed by atoms with E-state index in [0.29, 0.717) is 11.3 Å². The Labute approximate surface area is 148 Å². The van der Waals surface area contributed by atoms with Crippen LogP contribution in [0.3, 0.4) is 0 Å². The molecule has 0 radical (unpaired) electrons. The summed E-state index contributed by atoms with van der Waals surface area (Å²) in [6.45, 7) is 8.96. The van der Waals surface area contributed by atoms with Crippen LogP contribution in [0.1, 0.15) is 24.0 Å². The molecule has 0 saturated carbocycles. The van der Waals surface area contributed by atoms with Crippen molar-refractivity contribution in [1.82, 2.24) is 0 Å². The highest BCUT2D eigenvalue weighted by Crippen LogP contribution is 2.38. The topological polar surface area (TPSA) is 55.7 Å². The number of fused-ring (bicyclic) bond motifs is 1. The Morgan fingerprint density at radius 1 is 1.36 bits per heavy atom. The lowest BCUT2D eigenvalue weighted by Crippen LogP contribution is -2.25. The molecule has 0 spiro atoms. The second kappa shape index (κ2) is 6.68. The molecule has 0 aliphatic heterocycles. The molecule has 1 atom stereocenters. The zero-order chi connectivity index (χ0) is 19.0. The molecular weight excluding hydrogens is 379 g/mol. The second-order valence-corrected chi connectivity index (χ2v) is 7.14. The number of alkyl halides is 3. The van der Waals surface area contributed by atoms with Gasteiger partial charge < -0.3 is 4.18 Å². The Morgan fingerprint density at radius 3 is 2.56 bits per heavy atom. The quantitative estimate of drug-likeness (QED) is 0.549. The van der Waals surface area contributed by atoms with Crippen LogP contribution in [0.5, 0.6) is 0 Å². The van der Waals surface area contributed by atoms with Crippen molar-refractivity contribution in [3.05, 3.63) is 65.4 Å². The van der Waals surface area contributed by atoms with Crippen molar-refractivity contribution in [2.75, 3.05) is 0 Å². The summed E-state index contributed by atoms with van der Waals surface area (Å²) < 4.78 is 65.3. The summed E-state index contributed by atoms with van der Waals surface area (Å²) >= 11 is 5.91. The van der Waals surface area contributed by atoms with Crippen molar-refractivity contribution < 1.29 is 25.8 Å². The number of allylic oxidation sites excluding steroid dienone is 2. The van der Waals surface area contributed by atoms with Gasteiger partial charge in [0.2, 0.25) is 0 Å². The van der Waals surface area contributed by atoms with E-state index in [-0.39, 0.29) is 16.2 Å². The Kier molecular flexibility index (Phi) is 5.15. The third kappa shape index (κ3) is 3.80. The molecule has 1 aromatic carbocycles. The van der Waals surface area contributed by atoms with E-state index >= 15 is 0 Å². The zero-order valence-electron chi connectivity index (χ0n) is 13.0. The van der Waals surface area contributed by atoms with Crippen molar-refractivity contribution in [3.8, 4) is 0 Å². The number of aliphatic imine (C=N–C) groups is 1. The van der Waals surface area contributed by atoms with Gasteiger partial charge in [-0.3, -0.25) is 4.99 Å². The van der Waals surface area contributed by atoms with Crippen LogP contribution in [-0.4, -0.2) is 19.6 Å². The van der Waals surface area contributed by atoms with Crippen molar-refractivity contribution in [3.63, 3.8) is 0 Å². The zero-order valence-corrected chi connectivity index (χ0v) is 14.5. The average molecular weight is 392 g/mol. The maximum atomic E-state index is 12.7. The summed E-state index contributed by atoms with van der Waals surface area (Å²) in [5.41, 5.74) is -4.34. The fourth-order valence-corrected chi connectivity index (χ4v) is 3.02. The van der Waals surface area contributed by atoms with Gasteiger partial charge in [-0.2, -0.15) is 21.6 Å². The number of benzene rings is 1. The van der Waals surface area contributed by atoms with Crippen LogP contribution < -0.4 is 0 Å². The molecule has 0 heterocycles. The van der Waals surface area contributed by atoms with Crippen LogP contribution in [0.2, 0.25) is 5.02 Å². The molecule has 4 nitrogen and oxygen atoms in total. The number of rotatable bonds is 3. The normalized spacial score (nSPS) is 19.9. The molecular formula is C16H13ClF3NO3S. The van der Waals surface area contributed by atoms with E-state index in [4.69, 9.17) is 11.6 Å². The minimum atomic E-state index is -5.85. The first-order valence-corrected chi connectivity index (χ1v) is 8.66. The first kappa shape index (κ1) is 19.3. The minimum Gasteiger partial charge on any atom is -0.375 e. The Hall–Kier alpha value is -2.06. The summed E-state index contributed by atoms with van der Waals surface area (Å²) in [6.07, 6.45) is 2.35. The molecule has 1 unspecified atom stereocenters. The summed E-state index contributed by atoms with van der Waals surface area (Å²) in [5, 5.41) is 0.208. The molecule has 0 aromatic heterocycles. The summed E-state index contributed by atoms with van der Waals surface area (Å²) in [7, 11) is -5.85. The fraction of sp³-hybridized carbons (Fsp3) is 0.188. The van der Waals surface area contributed by atoms with Crippen LogP contribution in [0.25, 0.3) is 5.76 Å². The third-order valence-corrected chi connectivity index (χ3v) is 4.71. The van der Waals surface area contributed by atoms with Gasteiger partial charge in [0.1, 0.15) is 0 Å². The third-order valence-electron chi connectivity index (χ3n) is 3.51. The molecule has 25 heavy (non-hydrogen) atoms. The second-order valence-electron chi connectivity index (χ2n) is 5.17. The average Bonchev–Trinajstić information content (AvgIpc) is 2.57. The van der Waals surface area contributed by atoms with Gasteiger partial charge in [-0.05, 0) is 29.3 Å². The first-order valence-electron chi connectivity index (χ1n) is 6.88. The minimum absolute atomic E-state index is 0.114. The molecule has 0 amide bonds. The summed E-state index contributed by atoms with van der Waals surface area (Å²) in [6, 6.07) is 4.43. The maximum absolute atomic E-state index is 12.7. The highest BCUT2D eigenvalue weighted by molar-refractivity contribution is 7.87. The van der Waals surface area contributed by atoms with Crippen molar-refractivity contribution >= 4 is 33.2 Å². The van der Waals surface area contributed by atoms with Crippen LogP contribution >= 0.6 is 11.6 Å². The molecule has 1 aromatic rings. The van der Waals surface area contributed by atoms with Gasteiger partial charge in [0.25, 0.3) is 0 Å². The molecule has 0 bridgehead atoms. The van der Waals surface area contributed by atoms with E-state index in [2.05, 4.69) is 22.3 Å². The predicted molar refractivity (Wildman–Crippen MR) is 90.7 cm³/mol. The standard InChI is InChI=1S/C16H13ClF3NO3S/c1-4-21-15-9(2)7-14(24-25(22,23)16(18,19)20)13-8-11(17)5-6-12(13)10(15)3/h4-8,10H,1-2H2,3H3. The Balaban J connectivity index is 2.70. The molecule has 2 rings (SSSR count). The Morgan fingerprint density at radius 2 is 2.00 bits per heavy atom. The van der Waals surface area contributed by atoms with Crippen molar-refractivity contribution in [1.29, 1.82) is 0 Å². The maximum Gasteiger partial charge on any atom is 0.534 e. The molecule has 1 aliphatic rings. The van der Waals surface area contributed by atoms with Gasteiger partial charge in [0.05, 0.1) is 5.71 Å². The van der Waals surface area contributed by atoms with Crippen LogP contribution in [0, 0.1) is 0 Å². The van der Waals surface area contributed by atoms with Gasteiger partial charge in [-0.25, -0.2) is 0 Å². The van der Waals surface area contributed by atoms with E-state index in [1.165, 1.54) is 18.3 Å². The van der Waals surface area contributed by atoms with Gasteiger partial charge in [-0.15, -0.1) is 0 Å². The van der Waals surface area contributed by atoms with E-state index in [1.54, 1.807) is 13.0 Å². The van der Waals surface area contributed by atoms with Gasteiger partial charge in [0.15, 0.2) is 5.76 Å². The number of nitrogens with zero attached hydrogens (tertiary/aromatic N) is 1. The molecule has 0 fully saturated rings. The van der Waals surface area contributed by atoms with E-state index < -0.39 is 27.3 Å². The largest absolute Gasteiger partial charge is 0.534 e. The first-order chi connectivity index (χ1) is 11.5. The van der Waals surface area contributed by atoms with E-state index in [0.717, 1.165) is 6.08 Å². The van der Waals surface area contributed by atoms with Crippen LogP contribution in [0.4, 0.5) is 13.2 Å². The van der Waals surface area contributed by atoms with Crippen molar-refractivity contribution in [2.45, 2.75) is 18.3 Å². The summed E-state index contributed by atoms with van der Waals surface area (Å²) in [5.74, 6) is -0.926. The molecule has 0 saturated heterocycles. The SMILES string of the molecule is C=CN=C1C(=C)C=C(OS(=O)(=O)C(F)(F)F)c2cc(Cl)ccc2C1C. The van der Waals surface area contributed by atoms with E-state index in [9.17, 15) is 21.6 Å². The molecule has 134 valence electrons. The lowest BCUT2D eigenvalue weighted by Gasteiger charge is -2.17. The number of hydrogen-bond acceptors (Lipinski definition) is 4. The summed E-state index contributed by atoms with van der Waals surface area (Å²) in [4.78, 5) is 4.08. The predicted octanol–water partition coefficient (Wildman–Crippen LogP) is 4.80. The fourth-order valence-electron chi connectivity index (χ4n) is 2.38. The van der Waals surface area contributed by atoms with Gasteiger partial charge in [0, 0.05) is 22.7 Å². The van der Waals surface area contributed by atoms with Crippen LogP contribution in [0.15, 0.2) is 54.2 Å². The highest BCUT2D eigenvalue weighted by atomic mass is 35.5. The monoisotopic (exact) mass is 391 g/mol. The number of hydrogen-bond donors (Lipinski definition) is 0. The highest BCUT2D eigenvalue weighted by Gasteiger charge is 2.49.